The number of nitrogens with zero attached hydrogens (tertiary/aromatic N) is 3. The van der Waals surface area contributed by atoms with E-state index in [1.807, 2.05) is 47.4 Å². The Morgan fingerprint density at radius 2 is 2.03 bits per heavy atom. The van der Waals surface area contributed by atoms with E-state index in [1.165, 1.54) is 0 Å². The van der Waals surface area contributed by atoms with E-state index in [-0.39, 0.29) is 23.1 Å². The zero-order chi connectivity index (χ0) is 22.4. The number of aromatic amines is 1. The fourth-order valence-corrected chi connectivity index (χ4v) is 5.43. The summed E-state index contributed by atoms with van der Waals surface area (Å²) in [5.41, 5.74) is 3.59. The first-order chi connectivity index (χ1) is 16.1. The number of amides is 2. The third kappa shape index (κ3) is 3.28. The molecule has 4 heterocycles. The van der Waals surface area contributed by atoms with E-state index in [0.717, 1.165) is 47.5 Å². The minimum Gasteiger partial charge on any atom is -0.488 e. The molecule has 2 amide bonds. The molecule has 8 heteroatoms. The second-order valence-corrected chi connectivity index (χ2v) is 9.20. The van der Waals surface area contributed by atoms with Crippen molar-refractivity contribution >= 4 is 11.8 Å². The lowest BCUT2D eigenvalue weighted by Crippen LogP contribution is -2.45. The highest BCUT2D eigenvalue weighted by Crippen LogP contribution is 2.52. The van der Waals surface area contributed by atoms with Gasteiger partial charge in [-0.1, -0.05) is 24.6 Å². The summed E-state index contributed by atoms with van der Waals surface area (Å²) in [4.78, 5) is 32.8. The van der Waals surface area contributed by atoms with Gasteiger partial charge in [-0.2, -0.15) is 5.10 Å². The maximum atomic E-state index is 13.5. The van der Waals surface area contributed by atoms with E-state index in [9.17, 15) is 9.59 Å². The Morgan fingerprint density at radius 3 is 2.82 bits per heavy atom. The Kier molecular flexibility index (Phi) is 4.67. The molecule has 1 aliphatic carbocycles. The van der Waals surface area contributed by atoms with Gasteiger partial charge in [-0.05, 0) is 37.1 Å². The average Bonchev–Trinajstić information content (AvgIpc) is 3.45. The van der Waals surface area contributed by atoms with Crippen molar-refractivity contribution in [1.29, 1.82) is 0 Å². The maximum absolute atomic E-state index is 13.5. The van der Waals surface area contributed by atoms with Crippen molar-refractivity contribution in [2.45, 2.75) is 32.4 Å². The van der Waals surface area contributed by atoms with Gasteiger partial charge in [0.2, 0.25) is 5.91 Å². The van der Waals surface area contributed by atoms with Gasteiger partial charge in [0, 0.05) is 35.8 Å². The number of aromatic nitrogens is 3. The Hall–Kier alpha value is -3.68. The molecular weight excluding hydrogens is 418 g/mol. The lowest BCUT2D eigenvalue weighted by Gasteiger charge is -2.41. The van der Waals surface area contributed by atoms with E-state index >= 15 is 0 Å². The maximum Gasteiger partial charge on any atom is 0.272 e. The fourth-order valence-electron chi connectivity index (χ4n) is 5.43. The predicted octanol–water partition coefficient (Wildman–Crippen LogP) is 2.92. The van der Waals surface area contributed by atoms with Crippen molar-refractivity contribution in [2.24, 2.45) is 11.3 Å². The number of nitrogens with one attached hydrogen (secondary N) is 2. The van der Waals surface area contributed by atoms with Crippen LogP contribution in [0.15, 0.2) is 48.7 Å². The number of rotatable bonds is 4. The van der Waals surface area contributed by atoms with Crippen LogP contribution in [0.1, 0.15) is 41.0 Å². The van der Waals surface area contributed by atoms with Gasteiger partial charge >= 0.3 is 0 Å². The van der Waals surface area contributed by atoms with E-state index in [0.29, 0.717) is 31.9 Å². The van der Waals surface area contributed by atoms with Crippen LogP contribution in [-0.2, 0) is 17.9 Å². The van der Waals surface area contributed by atoms with Gasteiger partial charge in [0.1, 0.15) is 23.7 Å². The smallest absolute Gasteiger partial charge is 0.272 e. The molecule has 2 aliphatic heterocycles. The molecule has 1 atom stereocenters. The Balaban J connectivity index is 1.21. The SMILES string of the molecule is O=C(NCc1ccccn1)C1CN(C(=O)c2[nH]nc3c2COc2ccccc2-3)CC12CCC2. The number of fused-ring (bicyclic) bond motifs is 3. The first kappa shape index (κ1) is 20.0. The van der Waals surface area contributed by atoms with Crippen LogP contribution < -0.4 is 10.1 Å². The van der Waals surface area contributed by atoms with Crippen molar-refractivity contribution in [2.75, 3.05) is 13.1 Å². The molecular formula is C25H25N5O3. The Bertz CT molecular complexity index is 1220. The molecule has 3 aromatic rings. The van der Waals surface area contributed by atoms with Crippen LogP contribution in [-0.4, -0.2) is 45.0 Å². The summed E-state index contributed by atoms with van der Waals surface area (Å²) in [5.74, 6) is 0.446. The summed E-state index contributed by atoms with van der Waals surface area (Å²) >= 11 is 0. The van der Waals surface area contributed by atoms with Crippen LogP contribution >= 0.6 is 0 Å². The second kappa shape index (κ2) is 7.72. The summed E-state index contributed by atoms with van der Waals surface area (Å²) in [6.07, 6.45) is 4.75. The third-order valence-electron chi connectivity index (χ3n) is 7.37. The number of benzene rings is 1. The summed E-state index contributed by atoms with van der Waals surface area (Å²) in [5, 5.41) is 10.4. The van der Waals surface area contributed by atoms with Crippen molar-refractivity contribution in [3.8, 4) is 17.0 Å². The number of H-pyrrole nitrogens is 1. The predicted molar refractivity (Wildman–Crippen MR) is 120 cm³/mol. The molecule has 33 heavy (non-hydrogen) atoms. The molecule has 1 spiro atoms. The molecule has 1 unspecified atom stereocenters. The normalized spacial score (nSPS) is 19.9. The van der Waals surface area contributed by atoms with Crippen LogP contribution in [0.3, 0.4) is 0 Å². The van der Waals surface area contributed by atoms with Crippen molar-refractivity contribution < 1.29 is 14.3 Å². The highest BCUT2D eigenvalue weighted by Gasteiger charge is 2.54. The van der Waals surface area contributed by atoms with Gasteiger partial charge in [0.15, 0.2) is 0 Å². The molecule has 2 fully saturated rings. The minimum absolute atomic E-state index is 0.000414. The summed E-state index contributed by atoms with van der Waals surface area (Å²) in [7, 11) is 0. The van der Waals surface area contributed by atoms with Crippen LogP contribution in [0.4, 0.5) is 0 Å². The lowest BCUT2D eigenvalue weighted by atomic mass is 9.62. The molecule has 1 saturated carbocycles. The molecule has 8 nitrogen and oxygen atoms in total. The fraction of sp³-hybridized carbons (Fsp3) is 0.360. The van der Waals surface area contributed by atoms with Gasteiger partial charge in [-0.25, -0.2) is 0 Å². The number of carbonyl (C=O) groups excluding carboxylic acids is 2. The monoisotopic (exact) mass is 443 g/mol. The van der Waals surface area contributed by atoms with Gasteiger partial charge in [0.05, 0.1) is 18.2 Å². The number of likely N-dealkylation sites (tertiary alicyclic amines) is 1. The Morgan fingerprint density at radius 1 is 1.18 bits per heavy atom. The largest absolute Gasteiger partial charge is 0.488 e. The summed E-state index contributed by atoms with van der Waals surface area (Å²) < 4.78 is 5.87. The van der Waals surface area contributed by atoms with Crippen LogP contribution in [0, 0.1) is 11.3 Å². The van der Waals surface area contributed by atoms with Crippen LogP contribution in [0.2, 0.25) is 0 Å². The third-order valence-corrected chi connectivity index (χ3v) is 7.37. The summed E-state index contributed by atoms with van der Waals surface area (Å²) in [6, 6.07) is 13.4. The molecule has 0 radical (unpaired) electrons. The van der Waals surface area contributed by atoms with Gasteiger partial charge in [-0.15, -0.1) is 0 Å². The first-order valence-corrected chi connectivity index (χ1v) is 11.4. The Labute approximate surface area is 191 Å². The number of hydrogen-bond donors (Lipinski definition) is 2. The number of carbonyl (C=O) groups is 2. The molecule has 1 aromatic carbocycles. The highest BCUT2D eigenvalue weighted by atomic mass is 16.5. The zero-order valence-electron chi connectivity index (χ0n) is 18.2. The van der Waals surface area contributed by atoms with Gasteiger partial charge in [0.25, 0.3) is 5.91 Å². The highest BCUT2D eigenvalue weighted by molar-refractivity contribution is 5.97. The van der Waals surface area contributed by atoms with Crippen molar-refractivity contribution in [3.63, 3.8) is 0 Å². The molecule has 6 rings (SSSR count). The van der Waals surface area contributed by atoms with E-state index in [2.05, 4.69) is 20.5 Å². The topological polar surface area (TPSA) is 100 Å². The van der Waals surface area contributed by atoms with Gasteiger partial charge < -0.3 is 15.0 Å². The molecule has 2 N–H and O–H groups in total. The van der Waals surface area contributed by atoms with Crippen LogP contribution in [0.5, 0.6) is 5.75 Å². The van der Waals surface area contributed by atoms with Crippen molar-refractivity contribution in [1.82, 2.24) is 25.4 Å². The molecule has 2 aromatic heterocycles. The van der Waals surface area contributed by atoms with Crippen molar-refractivity contribution in [3.05, 3.63) is 65.6 Å². The average molecular weight is 444 g/mol. The number of pyridine rings is 1. The number of para-hydroxylation sites is 1. The first-order valence-electron chi connectivity index (χ1n) is 11.4. The summed E-state index contributed by atoms with van der Waals surface area (Å²) in [6.45, 7) is 1.71. The van der Waals surface area contributed by atoms with E-state index in [4.69, 9.17) is 4.74 Å². The quantitative estimate of drug-likeness (QED) is 0.646. The molecule has 1 saturated heterocycles. The number of ether oxygens (including phenoxy) is 1. The zero-order valence-corrected chi connectivity index (χ0v) is 18.2. The van der Waals surface area contributed by atoms with Gasteiger partial charge in [-0.3, -0.25) is 19.7 Å². The second-order valence-electron chi connectivity index (χ2n) is 9.20. The molecule has 3 aliphatic rings. The standard InChI is InChI=1S/C25H25N5O3/c31-23(27-12-16-6-3-4-11-26-16)19-13-30(15-25(19)9-5-10-25)24(32)22-18-14-33-20-8-2-1-7-17(20)21(18)28-29-22/h1-4,6-8,11,19H,5,9-10,12-15H2,(H,27,31)(H,28,29). The lowest BCUT2D eigenvalue weighted by molar-refractivity contribution is -0.129. The van der Waals surface area contributed by atoms with E-state index in [1.54, 1.807) is 6.20 Å². The van der Waals surface area contributed by atoms with Crippen LogP contribution in [0.25, 0.3) is 11.3 Å². The minimum atomic E-state index is -0.213. The molecule has 168 valence electrons. The number of hydrogen-bond acceptors (Lipinski definition) is 5. The van der Waals surface area contributed by atoms with E-state index < -0.39 is 0 Å². The molecule has 0 bridgehead atoms.